The summed E-state index contributed by atoms with van der Waals surface area (Å²) in [5.41, 5.74) is -0.232. The third kappa shape index (κ3) is 5.59. The zero-order valence-electron chi connectivity index (χ0n) is 17.6. The van der Waals surface area contributed by atoms with E-state index in [0.29, 0.717) is 11.1 Å². The quantitative estimate of drug-likeness (QED) is 0.192. The zero-order chi connectivity index (χ0) is 24.8. The van der Waals surface area contributed by atoms with Gasteiger partial charge in [-0.05, 0) is 29.8 Å². The molecule has 0 aliphatic carbocycles. The Hall–Kier alpha value is -5.07. The lowest BCUT2D eigenvalue weighted by atomic mass is 10.2. The number of aromatic amines is 2. The maximum absolute atomic E-state index is 12.1. The number of hydrogen-bond donors (Lipinski definition) is 4. The second kappa shape index (κ2) is 10.0. The number of amides is 1. The van der Waals surface area contributed by atoms with E-state index in [0.717, 1.165) is 6.92 Å². The van der Waals surface area contributed by atoms with E-state index >= 15 is 0 Å². The highest BCUT2D eigenvalue weighted by Gasteiger charge is 2.18. The molecule has 0 fully saturated rings. The van der Waals surface area contributed by atoms with E-state index in [1.807, 2.05) is 0 Å². The van der Waals surface area contributed by atoms with Gasteiger partial charge < -0.3 is 25.0 Å². The summed E-state index contributed by atoms with van der Waals surface area (Å²) in [4.78, 5) is 63.8. The Bertz CT molecular complexity index is 1480. The first kappa shape index (κ1) is 23.6. The molecule has 4 aromatic rings. The lowest BCUT2D eigenvalue weighted by Gasteiger charge is -2.07. The van der Waals surface area contributed by atoms with Crippen LogP contribution in [-0.4, -0.2) is 41.4 Å². The van der Waals surface area contributed by atoms with Gasteiger partial charge in [-0.25, -0.2) is 0 Å². The Morgan fingerprint density at radius 3 is 2.29 bits per heavy atom. The number of nitro benzene ring substituents is 1. The molecule has 174 valence electrons. The average Bonchev–Trinajstić information content (AvgIpc) is 3.26. The molecule has 0 bridgehead atoms. The Labute approximate surface area is 189 Å². The van der Waals surface area contributed by atoms with E-state index in [-0.39, 0.29) is 34.9 Å². The fourth-order valence-electron chi connectivity index (χ4n) is 2.98. The highest BCUT2D eigenvalue weighted by Crippen LogP contribution is 2.27. The van der Waals surface area contributed by atoms with Gasteiger partial charge in [0.25, 0.3) is 17.6 Å². The number of nitrogens with zero attached hydrogens (tertiary/aromatic N) is 3. The monoisotopic (exact) mass is 466 g/mol. The molecule has 0 atom stereocenters. The van der Waals surface area contributed by atoms with Crippen LogP contribution in [0.1, 0.15) is 22.8 Å². The van der Waals surface area contributed by atoms with Gasteiger partial charge in [-0.2, -0.15) is 0 Å². The number of carbonyl (C=O) groups is 2. The normalized spacial score (nSPS) is 10.3. The average molecular weight is 466 g/mol. The van der Waals surface area contributed by atoms with Crippen molar-refractivity contribution in [2.45, 2.75) is 13.5 Å². The molecule has 1 aromatic carbocycles. The number of rotatable bonds is 5. The smallest absolute Gasteiger partial charge is 0.314 e. The van der Waals surface area contributed by atoms with Gasteiger partial charge in [0.15, 0.2) is 0 Å². The largest absolute Gasteiger partial charge is 0.481 e. The van der Waals surface area contributed by atoms with Gasteiger partial charge in [0.05, 0.1) is 16.0 Å². The van der Waals surface area contributed by atoms with Crippen molar-refractivity contribution in [3.05, 3.63) is 97.1 Å². The van der Waals surface area contributed by atoms with Crippen molar-refractivity contribution in [3.8, 4) is 5.69 Å². The predicted molar refractivity (Wildman–Crippen MR) is 120 cm³/mol. The molecule has 0 saturated carbocycles. The number of nitrogens with one attached hydrogen (secondary N) is 3. The van der Waals surface area contributed by atoms with Crippen LogP contribution in [0.25, 0.3) is 16.7 Å². The number of fused-ring (bicyclic) bond motifs is 1. The van der Waals surface area contributed by atoms with Crippen LogP contribution in [0.5, 0.6) is 0 Å². The highest BCUT2D eigenvalue weighted by atomic mass is 16.6. The molecule has 1 amide bonds. The minimum Gasteiger partial charge on any atom is -0.481 e. The van der Waals surface area contributed by atoms with Gasteiger partial charge >= 0.3 is 11.1 Å². The molecule has 34 heavy (non-hydrogen) atoms. The molecule has 13 heteroatoms. The number of nitro groups is 1. The fraction of sp³-hybridized carbons (Fsp3) is 0.0952. The molecule has 3 heterocycles. The van der Waals surface area contributed by atoms with Gasteiger partial charge in [0.2, 0.25) is 0 Å². The molecular weight excluding hydrogens is 448 g/mol. The number of H-pyrrole nitrogens is 2. The highest BCUT2D eigenvalue weighted by molar-refractivity contribution is 5.93. The van der Waals surface area contributed by atoms with Gasteiger partial charge in [0, 0.05) is 49.9 Å². The van der Waals surface area contributed by atoms with Crippen molar-refractivity contribution in [2.75, 3.05) is 0 Å². The van der Waals surface area contributed by atoms with E-state index in [9.17, 15) is 24.5 Å². The molecule has 0 aliphatic heterocycles. The topological polar surface area (TPSA) is 193 Å². The molecule has 4 rings (SSSR count). The SMILES string of the molecule is CC(=O)O.O=C(NCc1ccn(-c2cc3[nH]c(=O)c(=O)[nH]c3cc2[N+](=O)[O-])c1)c1ccncc1. The standard InChI is InChI=1S/C19H14N6O5.C2H4O2/c26-17(12-1-4-20-5-2-12)21-9-11-3-6-24(10-11)15-7-13-14(8-16(15)25(29)30)23-19(28)18(27)22-13;1-2(3)4/h1-8,10H,9H2,(H,21,26)(H,22,27)(H,23,28);1H3,(H,3,4). The molecule has 0 radical (unpaired) electrons. The number of benzene rings is 1. The Morgan fingerprint density at radius 1 is 1.12 bits per heavy atom. The van der Waals surface area contributed by atoms with E-state index in [2.05, 4.69) is 20.3 Å². The van der Waals surface area contributed by atoms with E-state index in [4.69, 9.17) is 9.90 Å². The minimum absolute atomic E-state index is 0.145. The van der Waals surface area contributed by atoms with E-state index in [1.54, 1.807) is 30.6 Å². The van der Waals surface area contributed by atoms with Gasteiger partial charge in [0.1, 0.15) is 5.69 Å². The summed E-state index contributed by atoms with van der Waals surface area (Å²) in [5, 5.41) is 21.7. The van der Waals surface area contributed by atoms with Crippen molar-refractivity contribution >= 4 is 28.6 Å². The van der Waals surface area contributed by atoms with Crippen molar-refractivity contribution in [3.63, 3.8) is 0 Å². The summed E-state index contributed by atoms with van der Waals surface area (Å²) < 4.78 is 1.51. The number of carboxylic acid groups (broad SMARTS) is 1. The summed E-state index contributed by atoms with van der Waals surface area (Å²) in [6, 6.07) is 7.47. The number of carbonyl (C=O) groups excluding carboxylic acids is 1. The van der Waals surface area contributed by atoms with Gasteiger partial charge in [-0.1, -0.05) is 0 Å². The Morgan fingerprint density at radius 2 is 1.71 bits per heavy atom. The van der Waals surface area contributed by atoms with Crippen LogP contribution in [0.15, 0.2) is 64.7 Å². The predicted octanol–water partition coefficient (Wildman–Crippen LogP) is 1.33. The third-order valence-corrected chi connectivity index (χ3v) is 4.44. The lowest BCUT2D eigenvalue weighted by Crippen LogP contribution is -2.29. The summed E-state index contributed by atoms with van der Waals surface area (Å²) in [6.07, 6.45) is 6.26. The van der Waals surface area contributed by atoms with Crippen LogP contribution in [0.3, 0.4) is 0 Å². The van der Waals surface area contributed by atoms with Crippen LogP contribution in [0.4, 0.5) is 5.69 Å². The first-order chi connectivity index (χ1) is 16.2. The van der Waals surface area contributed by atoms with Crippen LogP contribution in [-0.2, 0) is 11.3 Å². The first-order valence-corrected chi connectivity index (χ1v) is 9.65. The summed E-state index contributed by atoms with van der Waals surface area (Å²) in [7, 11) is 0. The first-order valence-electron chi connectivity index (χ1n) is 9.65. The second-order valence-corrected chi connectivity index (χ2v) is 6.92. The van der Waals surface area contributed by atoms with Crippen molar-refractivity contribution in [2.24, 2.45) is 0 Å². The van der Waals surface area contributed by atoms with Gasteiger partial charge in [-0.15, -0.1) is 0 Å². The van der Waals surface area contributed by atoms with E-state index < -0.39 is 22.0 Å². The number of carboxylic acids is 1. The molecule has 3 aromatic heterocycles. The third-order valence-electron chi connectivity index (χ3n) is 4.44. The summed E-state index contributed by atoms with van der Waals surface area (Å²) >= 11 is 0. The van der Waals surface area contributed by atoms with Crippen molar-refractivity contribution in [1.29, 1.82) is 0 Å². The maximum Gasteiger partial charge on any atom is 0.314 e. The number of aliphatic carboxylic acids is 1. The van der Waals surface area contributed by atoms with Gasteiger partial charge in [-0.3, -0.25) is 34.3 Å². The Kier molecular flexibility index (Phi) is 6.96. The van der Waals surface area contributed by atoms with Crippen LogP contribution in [0.2, 0.25) is 0 Å². The Balaban J connectivity index is 0.000000751. The van der Waals surface area contributed by atoms with E-state index in [1.165, 1.54) is 29.1 Å². The molecule has 0 unspecified atom stereocenters. The molecule has 0 aliphatic rings. The van der Waals surface area contributed by atoms with Crippen molar-refractivity contribution in [1.82, 2.24) is 24.8 Å². The summed E-state index contributed by atoms with van der Waals surface area (Å²) in [6.45, 7) is 1.29. The molecule has 0 saturated heterocycles. The van der Waals surface area contributed by atoms with Crippen molar-refractivity contribution < 1.29 is 19.6 Å². The number of pyridine rings is 1. The summed E-state index contributed by atoms with van der Waals surface area (Å²) in [5.74, 6) is -1.11. The second-order valence-electron chi connectivity index (χ2n) is 6.92. The fourth-order valence-corrected chi connectivity index (χ4v) is 2.98. The molecule has 13 nitrogen and oxygen atoms in total. The molecular formula is C21H18N6O7. The zero-order valence-corrected chi connectivity index (χ0v) is 17.6. The lowest BCUT2D eigenvalue weighted by molar-refractivity contribution is -0.384. The van der Waals surface area contributed by atoms with Crippen LogP contribution < -0.4 is 16.4 Å². The van der Waals surface area contributed by atoms with Crippen LogP contribution >= 0.6 is 0 Å². The molecule has 4 N–H and O–H groups in total. The molecule has 0 spiro atoms. The number of aromatic nitrogens is 4. The maximum atomic E-state index is 12.1. The number of hydrogen-bond acceptors (Lipinski definition) is 7. The van der Waals surface area contributed by atoms with Crippen LogP contribution in [0, 0.1) is 10.1 Å². The minimum atomic E-state index is -0.891.